The topological polar surface area (TPSA) is 92.6 Å². The van der Waals surface area contributed by atoms with Crippen molar-refractivity contribution in [2.75, 3.05) is 6.61 Å². The van der Waals surface area contributed by atoms with E-state index in [2.05, 4.69) is 16.9 Å². The molecule has 3 heterocycles. The predicted molar refractivity (Wildman–Crippen MR) is 128 cm³/mol. The van der Waals surface area contributed by atoms with Crippen LogP contribution in [-0.2, 0) is 16.1 Å². The van der Waals surface area contributed by atoms with Crippen LogP contribution in [0.25, 0.3) is 5.76 Å². The number of ketones is 1. The number of hydrogen-bond donors (Lipinski definition) is 1. The van der Waals surface area contributed by atoms with E-state index >= 15 is 0 Å². The van der Waals surface area contributed by atoms with Crippen LogP contribution < -0.4 is 4.74 Å². The molecule has 1 aliphatic rings. The molecule has 4 rings (SSSR count). The first-order valence-electron chi connectivity index (χ1n) is 11.4. The molecule has 1 amide bonds. The van der Waals surface area contributed by atoms with Gasteiger partial charge < -0.3 is 14.7 Å². The Hall–Kier alpha value is -4.00. The van der Waals surface area contributed by atoms with Gasteiger partial charge in [-0.25, -0.2) is 0 Å². The number of hydrogen-bond acceptors (Lipinski definition) is 6. The van der Waals surface area contributed by atoms with Crippen LogP contribution in [0, 0.1) is 0 Å². The van der Waals surface area contributed by atoms with E-state index in [9.17, 15) is 14.7 Å². The molecule has 1 saturated heterocycles. The quantitative estimate of drug-likeness (QED) is 0.217. The summed E-state index contributed by atoms with van der Waals surface area (Å²) < 4.78 is 5.74. The third-order valence-electron chi connectivity index (χ3n) is 5.73. The van der Waals surface area contributed by atoms with Gasteiger partial charge in [-0.3, -0.25) is 19.6 Å². The molecule has 7 heteroatoms. The van der Waals surface area contributed by atoms with Crippen molar-refractivity contribution in [3.8, 4) is 5.75 Å². The molecular formula is C27H27N3O4. The Morgan fingerprint density at radius 1 is 1.03 bits per heavy atom. The second-order valence-corrected chi connectivity index (χ2v) is 8.12. The Morgan fingerprint density at radius 3 is 2.53 bits per heavy atom. The molecule has 1 aromatic carbocycles. The van der Waals surface area contributed by atoms with Crippen LogP contribution in [0.15, 0.2) is 78.8 Å². The lowest BCUT2D eigenvalue weighted by Gasteiger charge is -2.24. The van der Waals surface area contributed by atoms with Crippen molar-refractivity contribution in [2.45, 2.75) is 38.8 Å². The zero-order valence-corrected chi connectivity index (χ0v) is 19.1. The van der Waals surface area contributed by atoms with Gasteiger partial charge in [0.15, 0.2) is 0 Å². The summed E-state index contributed by atoms with van der Waals surface area (Å²) in [6.07, 6.45) is 8.09. The minimum Gasteiger partial charge on any atom is -0.507 e. The summed E-state index contributed by atoms with van der Waals surface area (Å²) in [7, 11) is 0. The lowest BCUT2D eigenvalue weighted by molar-refractivity contribution is -0.140. The molecule has 0 aliphatic carbocycles. The number of nitrogens with zero attached hydrogens (tertiary/aromatic N) is 3. The van der Waals surface area contributed by atoms with Crippen LogP contribution in [0.1, 0.15) is 49.0 Å². The number of aliphatic hydroxyl groups excluding tert-OH is 1. The van der Waals surface area contributed by atoms with Crippen LogP contribution in [-0.4, -0.2) is 38.3 Å². The van der Waals surface area contributed by atoms with Crippen molar-refractivity contribution in [2.24, 2.45) is 0 Å². The molecule has 1 fully saturated rings. The number of carbonyl (C=O) groups excluding carboxylic acids is 2. The van der Waals surface area contributed by atoms with Gasteiger partial charge in [-0.2, -0.15) is 0 Å². The van der Waals surface area contributed by atoms with Crippen molar-refractivity contribution in [1.29, 1.82) is 0 Å². The Bertz CT molecular complexity index is 1160. The van der Waals surface area contributed by atoms with E-state index in [-0.39, 0.29) is 17.9 Å². The first-order chi connectivity index (χ1) is 16.6. The lowest BCUT2D eigenvalue weighted by Crippen LogP contribution is -2.29. The molecular weight excluding hydrogens is 430 g/mol. The smallest absolute Gasteiger partial charge is 0.296 e. The van der Waals surface area contributed by atoms with Gasteiger partial charge in [0, 0.05) is 30.7 Å². The maximum Gasteiger partial charge on any atom is 0.296 e. The number of benzene rings is 1. The standard InChI is InChI=1S/C27H27N3O4/c1-2-3-6-16-34-21-12-10-20(11-13-21)25(31)23-24(22-9-4-5-15-29-22)30(27(33)26(23)32)18-19-8-7-14-28-17-19/h4-5,7-15,17,24,31H,2-3,6,16,18H2,1H3/b25-23-. The van der Waals surface area contributed by atoms with Crippen molar-refractivity contribution in [3.63, 3.8) is 0 Å². The average molecular weight is 458 g/mol. The summed E-state index contributed by atoms with van der Waals surface area (Å²) >= 11 is 0. The highest BCUT2D eigenvalue weighted by molar-refractivity contribution is 6.46. The second-order valence-electron chi connectivity index (χ2n) is 8.12. The van der Waals surface area contributed by atoms with Crippen molar-refractivity contribution >= 4 is 17.4 Å². The maximum absolute atomic E-state index is 13.1. The number of likely N-dealkylation sites (tertiary alicyclic amines) is 1. The highest BCUT2D eigenvalue weighted by Gasteiger charge is 2.46. The Morgan fingerprint density at radius 2 is 1.85 bits per heavy atom. The van der Waals surface area contributed by atoms with Gasteiger partial charge in [0.25, 0.3) is 11.7 Å². The number of amides is 1. The number of Topliss-reactive ketones (excluding diaryl/α,β-unsaturated/α-hetero) is 1. The first-order valence-corrected chi connectivity index (χ1v) is 11.4. The van der Waals surface area contributed by atoms with Crippen LogP contribution in [0.3, 0.4) is 0 Å². The van der Waals surface area contributed by atoms with Crippen LogP contribution in [0.2, 0.25) is 0 Å². The van der Waals surface area contributed by atoms with Gasteiger partial charge in [-0.1, -0.05) is 31.9 Å². The molecule has 174 valence electrons. The van der Waals surface area contributed by atoms with Crippen LogP contribution in [0.4, 0.5) is 0 Å². The van der Waals surface area contributed by atoms with Gasteiger partial charge in [-0.15, -0.1) is 0 Å². The third-order valence-corrected chi connectivity index (χ3v) is 5.73. The summed E-state index contributed by atoms with van der Waals surface area (Å²) in [6, 6.07) is 15.0. The number of aliphatic hydroxyl groups is 1. The summed E-state index contributed by atoms with van der Waals surface area (Å²) in [5.41, 5.74) is 1.73. The normalized spacial score (nSPS) is 17.2. The van der Waals surface area contributed by atoms with E-state index in [0.29, 0.717) is 23.6 Å². The van der Waals surface area contributed by atoms with Crippen molar-refractivity contribution in [1.82, 2.24) is 14.9 Å². The zero-order valence-electron chi connectivity index (χ0n) is 19.1. The van der Waals surface area contributed by atoms with Crippen molar-refractivity contribution in [3.05, 3.63) is 95.6 Å². The molecule has 1 aliphatic heterocycles. The Balaban J connectivity index is 1.68. The van der Waals surface area contributed by atoms with E-state index in [4.69, 9.17) is 4.74 Å². The van der Waals surface area contributed by atoms with Gasteiger partial charge in [-0.05, 0) is 54.4 Å². The summed E-state index contributed by atoms with van der Waals surface area (Å²) in [5, 5.41) is 11.2. The molecule has 1 unspecified atom stereocenters. The molecule has 7 nitrogen and oxygen atoms in total. The molecule has 34 heavy (non-hydrogen) atoms. The van der Waals surface area contributed by atoms with E-state index < -0.39 is 17.7 Å². The van der Waals surface area contributed by atoms with Gasteiger partial charge >= 0.3 is 0 Å². The van der Waals surface area contributed by atoms with Crippen molar-refractivity contribution < 1.29 is 19.4 Å². The SMILES string of the molecule is CCCCCOc1ccc(/C(O)=C2/C(=O)C(=O)N(Cc3cccnc3)C2c2ccccn2)cc1. The Kier molecular flexibility index (Phi) is 7.32. The van der Waals surface area contributed by atoms with E-state index in [1.165, 1.54) is 4.90 Å². The number of unbranched alkanes of at least 4 members (excludes halogenated alkanes) is 2. The molecule has 1 N–H and O–H groups in total. The third kappa shape index (κ3) is 4.98. The predicted octanol–water partition coefficient (Wildman–Crippen LogP) is 4.67. The minimum atomic E-state index is -0.814. The largest absolute Gasteiger partial charge is 0.507 e. The summed E-state index contributed by atoms with van der Waals surface area (Å²) in [4.78, 5) is 36.0. The number of aromatic nitrogens is 2. The highest BCUT2D eigenvalue weighted by Crippen LogP contribution is 2.39. The van der Waals surface area contributed by atoms with Gasteiger partial charge in [0.1, 0.15) is 17.6 Å². The number of rotatable bonds is 9. The first kappa shape index (κ1) is 23.2. The molecule has 0 saturated carbocycles. The fraction of sp³-hybridized carbons (Fsp3) is 0.259. The Labute approximate surface area is 198 Å². The lowest BCUT2D eigenvalue weighted by atomic mass is 9.98. The minimum absolute atomic E-state index is 0.0178. The van der Waals surface area contributed by atoms with Gasteiger partial charge in [0.05, 0.1) is 17.9 Å². The highest BCUT2D eigenvalue weighted by atomic mass is 16.5. The fourth-order valence-corrected chi connectivity index (χ4v) is 3.98. The number of pyridine rings is 2. The molecule has 0 bridgehead atoms. The fourth-order valence-electron chi connectivity index (χ4n) is 3.98. The van der Waals surface area contributed by atoms with Gasteiger partial charge in [0.2, 0.25) is 0 Å². The van der Waals surface area contributed by atoms with E-state index in [0.717, 1.165) is 24.8 Å². The average Bonchev–Trinajstić information content (AvgIpc) is 3.12. The number of ether oxygens (including phenoxy) is 1. The summed E-state index contributed by atoms with van der Waals surface area (Å²) in [5.74, 6) is -0.972. The molecule has 1 atom stereocenters. The summed E-state index contributed by atoms with van der Waals surface area (Å²) in [6.45, 7) is 2.93. The molecule has 0 radical (unpaired) electrons. The van der Waals surface area contributed by atoms with Crippen LogP contribution in [0.5, 0.6) is 5.75 Å². The number of carbonyl (C=O) groups is 2. The zero-order chi connectivity index (χ0) is 23.9. The monoisotopic (exact) mass is 457 g/mol. The molecule has 2 aromatic heterocycles. The van der Waals surface area contributed by atoms with E-state index in [1.54, 1.807) is 67.1 Å². The van der Waals surface area contributed by atoms with E-state index in [1.807, 2.05) is 6.07 Å². The maximum atomic E-state index is 13.1. The molecule has 0 spiro atoms. The molecule has 3 aromatic rings. The second kappa shape index (κ2) is 10.7. The van der Waals surface area contributed by atoms with Crippen LogP contribution >= 0.6 is 0 Å².